The summed E-state index contributed by atoms with van der Waals surface area (Å²) in [4.78, 5) is 35.5. The first kappa shape index (κ1) is 14.0. The van der Waals surface area contributed by atoms with E-state index in [-0.39, 0.29) is 24.2 Å². The van der Waals surface area contributed by atoms with Crippen LogP contribution in [-0.4, -0.2) is 36.6 Å². The van der Waals surface area contributed by atoms with Crippen LogP contribution < -0.4 is 4.90 Å². The number of carboxylic acid groups (broad SMARTS) is 1. The first-order chi connectivity index (χ1) is 9.43. The summed E-state index contributed by atoms with van der Waals surface area (Å²) >= 11 is 0. The zero-order chi connectivity index (χ0) is 14.9. The molecule has 1 aromatic carbocycles. The molecule has 0 spiro atoms. The number of rotatable bonds is 3. The standard InChI is InChI=1S/C13H12FNO5/c1-20-13(19)9-3-2-8(14)5-10(9)15-6-7(12(17)18)4-11(15)16/h2-3,5,7H,4,6H2,1H3,(H,17,18). The fourth-order valence-corrected chi connectivity index (χ4v) is 2.12. The molecule has 7 heteroatoms. The second-order valence-corrected chi connectivity index (χ2v) is 4.40. The maximum Gasteiger partial charge on any atom is 0.339 e. The molecule has 6 nitrogen and oxygen atoms in total. The zero-order valence-corrected chi connectivity index (χ0v) is 10.6. The van der Waals surface area contributed by atoms with Crippen molar-refractivity contribution < 1.29 is 28.6 Å². The van der Waals surface area contributed by atoms with Crippen LogP contribution in [0.4, 0.5) is 10.1 Å². The summed E-state index contributed by atoms with van der Waals surface area (Å²) in [5, 5.41) is 8.93. The summed E-state index contributed by atoms with van der Waals surface area (Å²) in [6.07, 6.45) is -0.174. The lowest BCUT2D eigenvalue weighted by Crippen LogP contribution is -2.28. The van der Waals surface area contributed by atoms with E-state index in [0.29, 0.717) is 0 Å². The summed E-state index contributed by atoms with van der Waals surface area (Å²) in [6.45, 7) is -0.0956. The second kappa shape index (κ2) is 5.28. The van der Waals surface area contributed by atoms with Crippen LogP contribution in [0.5, 0.6) is 0 Å². The number of anilines is 1. The number of carboxylic acids is 1. The molecule has 0 radical (unpaired) electrons. The topological polar surface area (TPSA) is 83.9 Å². The lowest BCUT2D eigenvalue weighted by molar-refractivity contribution is -0.141. The van der Waals surface area contributed by atoms with Gasteiger partial charge in [-0.15, -0.1) is 0 Å². The summed E-state index contributed by atoms with van der Waals surface area (Å²) in [7, 11) is 1.17. The maximum atomic E-state index is 13.3. The number of carbonyl (C=O) groups is 3. The summed E-state index contributed by atoms with van der Waals surface area (Å²) in [5.74, 6) is -3.77. The highest BCUT2D eigenvalue weighted by Crippen LogP contribution is 2.29. The second-order valence-electron chi connectivity index (χ2n) is 4.40. The molecule has 20 heavy (non-hydrogen) atoms. The first-order valence-electron chi connectivity index (χ1n) is 5.85. The third-order valence-electron chi connectivity index (χ3n) is 3.13. The Morgan fingerprint density at radius 2 is 2.15 bits per heavy atom. The number of amides is 1. The predicted octanol–water partition coefficient (Wildman–Crippen LogP) is 1.05. The Balaban J connectivity index is 2.42. The highest BCUT2D eigenvalue weighted by atomic mass is 19.1. The number of halogens is 1. The van der Waals surface area contributed by atoms with E-state index in [1.807, 2.05) is 0 Å². The van der Waals surface area contributed by atoms with Gasteiger partial charge in [0.25, 0.3) is 0 Å². The highest BCUT2D eigenvalue weighted by Gasteiger charge is 2.36. The van der Waals surface area contributed by atoms with Crippen LogP contribution in [0, 0.1) is 11.7 Å². The van der Waals surface area contributed by atoms with Gasteiger partial charge in [0, 0.05) is 13.0 Å². The summed E-state index contributed by atoms with van der Waals surface area (Å²) in [5.41, 5.74) is 0.0545. The molecule has 0 bridgehead atoms. The minimum Gasteiger partial charge on any atom is -0.481 e. The number of carbonyl (C=O) groups excluding carboxylic acids is 2. The largest absolute Gasteiger partial charge is 0.481 e. The number of nitrogens with zero attached hydrogens (tertiary/aromatic N) is 1. The van der Waals surface area contributed by atoms with Crippen molar-refractivity contribution in [3.63, 3.8) is 0 Å². The van der Waals surface area contributed by atoms with Crippen molar-refractivity contribution in [2.45, 2.75) is 6.42 Å². The maximum absolute atomic E-state index is 13.3. The molecule has 0 aliphatic carbocycles. The van der Waals surface area contributed by atoms with Gasteiger partial charge in [0.05, 0.1) is 24.3 Å². The number of aliphatic carboxylic acids is 1. The Kier molecular flexibility index (Phi) is 3.69. The molecule has 1 N–H and O–H groups in total. The molecule has 2 rings (SSSR count). The fraction of sp³-hybridized carbons (Fsp3) is 0.308. The molecule has 1 aliphatic rings. The van der Waals surface area contributed by atoms with Crippen molar-refractivity contribution in [3.05, 3.63) is 29.6 Å². The van der Waals surface area contributed by atoms with Gasteiger partial charge in [-0.1, -0.05) is 0 Å². The highest BCUT2D eigenvalue weighted by molar-refractivity contribution is 6.05. The van der Waals surface area contributed by atoms with Gasteiger partial charge in [-0.25, -0.2) is 9.18 Å². The molecular formula is C13H12FNO5. The Bertz CT molecular complexity index is 586. The monoisotopic (exact) mass is 281 g/mol. The van der Waals surface area contributed by atoms with E-state index in [4.69, 9.17) is 5.11 Å². The third kappa shape index (κ3) is 2.47. The van der Waals surface area contributed by atoms with Gasteiger partial charge in [-0.05, 0) is 18.2 Å². The minimum atomic E-state index is -1.10. The fourth-order valence-electron chi connectivity index (χ4n) is 2.12. The zero-order valence-electron chi connectivity index (χ0n) is 10.6. The van der Waals surface area contributed by atoms with Gasteiger partial charge in [-0.3, -0.25) is 9.59 Å². The Morgan fingerprint density at radius 3 is 2.70 bits per heavy atom. The van der Waals surface area contributed by atoms with Crippen LogP contribution in [0.2, 0.25) is 0 Å². The third-order valence-corrected chi connectivity index (χ3v) is 3.13. The van der Waals surface area contributed by atoms with Gasteiger partial charge >= 0.3 is 11.9 Å². The van der Waals surface area contributed by atoms with Crippen molar-refractivity contribution in [1.29, 1.82) is 0 Å². The molecule has 1 saturated heterocycles. The number of hydrogen-bond donors (Lipinski definition) is 1. The van der Waals surface area contributed by atoms with Crippen molar-refractivity contribution in [3.8, 4) is 0 Å². The molecule has 1 amide bonds. The van der Waals surface area contributed by atoms with Gasteiger partial charge in [-0.2, -0.15) is 0 Å². The molecular weight excluding hydrogens is 269 g/mol. The van der Waals surface area contributed by atoms with Crippen LogP contribution in [0.3, 0.4) is 0 Å². The van der Waals surface area contributed by atoms with E-state index in [1.54, 1.807) is 0 Å². The predicted molar refractivity (Wildman–Crippen MR) is 65.8 cm³/mol. The van der Waals surface area contributed by atoms with Crippen LogP contribution in [0.1, 0.15) is 16.8 Å². The van der Waals surface area contributed by atoms with E-state index in [1.165, 1.54) is 13.2 Å². The van der Waals surface area contributed by atoms with Crippen LogP contribution in [-0.2, 0) is 14.3 Å². The molecule has 0 saturated carbocycles. The van der Waals surface area contributed by atoms with Gasteiger partial charge < -0.3 is 14.7 Å². The normalized spacial score (nSPS) is 18.2. The van der Waals surface area contributed by atoms with Crippen molar-refractivity contribution in [2.75, 3.05) is 18.6 Å². The molecule has 1 heterocycles. The summed E-state index contributed by atoms with van der Waals surface area (Å²) in [6, 6.07) is 3.30. The average molecular weight is 281 g/mol. The van der Waals surface area contributed by atoms with Crippen molar-refractivity contribution in [1.82, 2.24) is 0 Å². The van der Waals surface area contributed by atoms with E-state index in [2.05, 4.69) is 4.74 Å². The smallest absolute Gasteiger partial charge is 0.339 e. The SMILES string of the molecule is COC(=O)c1ccc(F)cc1N1CC(C(=O)O)CC1=O. The van der Waals surface area contributed by atoms with Crippen LogP contribution >= 0.6 is 0 Å². The van der Waals surface area contributed by atoms with E-state index >= 15 is 0 Å². The number of methoxy groups -OCH3 is 1. The van der Waals surface area contributed by atoms with Crippen LogP contribution in [0.15, 0.2) is 18.2 Å². The number of benzene rings is 1. The minimum absolute atomic E-state index is 0.0216. The molecule has 1 atom stereocenters. The number of ether oxygens (including phenoxy) is 1. The molecule has 0 aromatic heterocycles. The van der Waals surface area contributed by atoms with E-state index < -0.39 is 29.6 Å². The average Bonchev–Trinajstić information content (AvgIpc) is 2.80. The van der Waals surface area contributed by atoms with Crippen molar-refractivity contribution >= 4 is 23.5 Å². The first-order valence-corrected chi connectivity index (χ1v) is 5.85. The number of esters is 1. The van der Waals surface area contributed by atoms with Gasteiger partial charge in [0.2, 0.25) is 5.91 Å². The van der Waals surface area contributed by atoms with E-state index in [0.717, 1.165) is 17.0 Å². The molecule has 1 fully saturated rings. The summed E-state index contributed by atoms with van der Waals surface area (Å²) < 4.78 is 17.9. The molecule has 106 valence electrons. The quantitative estimate of drug-likeness (QED) is 0.837. The molecule has 1 aromatic rings. The molecule has 1 aliphatic heterocycles. The molecule has 1 unspecified atom stereocenters. The Labute approximate surface area is 113 Å². The Morgan fingerprint density at radius 1 is 1.45 bits per heavy atom. The van der Waals surface area contributed by atoms with E-state index in [9.17, 15) is 18.8 Å². The van der Waals surface area contributed by atoms with Gasteiger partial charge in [0.1, 0.15) is 5.82 Å². The van der Waals surface area contributed by atoms with Crippen LogP contribution in [0.25, 0.3) is 0 Å². The lowest BCUT2D eigenvalue weighted by atomic mass is 10.1. The lowest BCUT2D eigenvalue weighted by Gasteiger charge is -2.19. The Hall–Kier alpha value is -2.44. The number of hydrogen-bond acceptors (Lipinski definition) is 4. The van der Waals surface area contributed by atoms with Crippen molar-refractivity contribution in [2.24, 2.45) is 5.92 Å². The van der Waals surface area contributed by atoms with Gasteiger partial charge in [0.15, 0.2) is 0 Å².